The Morgan fingerprint density at radius 2 is 1.93 bits per heavy atom. The molecule has 0 aliphatic carbocycles. The largest absolute Gasteiger partial charge is 0.488 e. The van der Waals surface area contributed by atoms with Gasteiger partial charge in [0.05, 0.1) is 18.5 Å². The predicted molar refractivity (Wildman–Crippen MR) is 163 cm³/mol. The van der Waals surface area contributed by atoms with E-state index in [9.17, 15) is 14.1 Å². The van der Waals surface area contributed by atoms with Gasteiger partial charge in [-0.2, -0.15) is 9.78 Å². The number of aromatic nitrogens is 3. The number of rotatable bonds is 11. The van der Waals surface area contributed by atoms with Crippen molar-refractivity contribution in [3.63, 3.8) is 0 Å². The van der Waals surface area contributed by atoms with Crippen LogP contribution >= 0.6 is 0 Å². The van der Waals surface area contributed by atoms with Crippen LogP contribution in [0.25, 0.3) is 17.1 Å². The molecule has 2 unspecified atom stereocenters. The molecule has 2 aromatic heterocycles. The topological polar surface area (TPSA) is 107 Å². The van der Waals surface area contributed by atoms with Gasteiger partial charge in [0.15, 0.2) is 5.82 Å². The summed E-state index contributed by atoms with van der Waals surface area (Å²) in [4.78, 5) is 18.9. The second-order valence-corrected chi connectivity index (χ2v) is 12.0. The molecule has 5 rings (SSSR count). The van der Waals surface area contributed by atoms with Crippen LogP contribution in [0.5, 0.6) is 11.6 Å². The summed E-state index contributed by atoms with van der Waals surface area (Å²) in [6, 6.07) is 18.3. The molecule has 4 aromatic rings. The van der Waals surface area contributed by atoms with E-state index < -0.39 is 16.8 Å². The van der Waals surface area contributed by atoms with Gasteiger partial charge in [-0.05, 0) is 67.6 Å². The fourth-order valence-corrected chi connectivity index (χ4v) is 6.24. The Hall–Kier alpha value is -4.02. The van der Waals surface area contributed by atoms with Crippen molar-refractivity contribution in [3.05, 3.63) is 88.6 Å². The molecule has 0 saturated carbocycles. The van der Waals surface area contributed by atoms with E-state index in [1.165, 1.54) is 22.0 Å². The number of hydrogen-bond donors (Lipinski definition) is 1. The zero-order valence-corrected chi connectivity index (χ0v) is 25.2. The average Bonchev–Trinajstić information content (AvgIpc) is 3.40. The minimum atomic E-state index is -1.11. The molecule has 0 amide bonds. The van der Waals surface area contributed by atoms with E-state index in [0.29, 0.717) is 30.5 Å². The molecule has 9 nitrogen and oxygen atoms in total. The Morgan fingerprint density at radius 3 is 2.69 bits per heavy atom. The van der Waals surface area contributed by atoms with E-state index in [1.807, 2.05) is 37.3 Å². The molecule has 1 aliphatic heterocycles. The zero-order valence-electron chi connectivity index (χ0n) is 24.4. The van der Waals surface area contributed by atoms with Gasteiger partial charge in [-0.15, -0.1) is 0 Å². The van der Waals surface area contributed by atoms with E-state index in [2.05, 4.69) is 35.1 Å². The summed E-state index contributed by atoms with van der Waals surface area (Å²) < 4.78 is 25.1. The van der Waals surface area contributed by atoms with Crippen molar-refractivity contribution in [3.8, 4) is 28.7 Å². The first-order valence-electron chi connectivity index (χ1n) is 14.0. The summed E-state index contributed by atoms with van der Waals surface area (Å²) in [6.45, 7) is 8.48. The molecule has 0 saturated heterocycles. The van der Waals surface area contributed by atoms with Crippen molar-refractivity contribution in [2.75, 3.05) is 25.2 Å². The monoisotopic (exact) mass is 588 g/mol. The van der Waals surface area contributed by atoms with Gasteiger partial charge < -0.3 is 14.6 Å². The van der Waals surface area contributed by atoms with Crippen molar-refractivity contribution in [1.82, 2.24) is 19.7 Å². The van der Waals surface area contributed by atoms with Crippen LogP contribution in [0.1, 0.15) is 46.5 Å². The second kappa shape index (κ2) is 12.9. The molecule has 1 aliphatic rings. The van der Waals surface area contributed by atoms with E-state index >= 15 is 0 Å². The first-order chi connectivity index (χ1) is 20.2. The van der Waals surface area contributed by atoms with Crippen LogP contribution in [0.2, 0.25) is 0 Å². The quantitative estimate of drug-likeness (QED) is 0.260. The van der Waals surface area contributed by atoms with Crippen LogP contribution in [0.3, 0.4) is 0 Å². The normalized spacial score (nSPS) is 14.7. The molecule has 2 aromatic carbocycles. The number of hydrogen-bond acceptors (Lipinski definition) is 7. The van der Waals surface area contributed by atoms with Gasteiger partial charge in [0.2, 0.25) is 5.88 Å². The standard InChI is InChI=1S/C32H36N4O5S/c1-5-40-31-27(32(37)38)17-33-36(31)29-11-7-10-28(34-29)26-9-6-8-21(2)30(26)41-19-23-12-13-25-18-35(15-14-24(25)16-23)22(3)20-42(4)39/h6-13,16-17,22H,5,14-15,18-20H2,1-4H3,(H,37,38). The van der Waals surface area contributed by atoms with Crippen LogP contribution in [-0.2, 0) is 30.4 Å². The van der Waals surface area contributed by atoms with E-state index in [-0.39, 0.29) is 17.5 Å². The summed E-state index contributed by atoms with van der Waals surface area (Å²) in [5.74, 6) is 0.902. The van der Waals surface area contributed by atoms with Crippen molar-refractivity contribution >= 4 is 16.8 Å². The number of pyridine rings is 1. The zero-order chi connectivity index (χ0) is 29.8. The van der Waals surface area contributed by atoms with Crippen LogP contribution in [-0.4, -0.2) is 66.2 Å². The highest BCUT2D eigenvalue weighted by molar-refractivity contribution is 7.84. The fourth-order valence-electron chi connectivity index (χ4n) is 5.35. The number of para-hydroxylation sites is 1. The lowest BCUT2D eigenvalue weighted by Crippen LogP contribution is -2.40. The summed E-state index contributed by atoms with van der Waals surface area (Å²) in [6.07, 6.45) is 3.99. The maximum absolute atomic E-state index is 11.7. The molecule has 42 heavy (non-hydrogen) atoms. The Balaban J connectivity index is 1.37. The highest BCUT2D eigenvalue weighted by atomic mass is 32.2. The lowest BCUT2D eigenvalue weighted by molar-refractivity contribution is 0.0692. The number of carbonyl (C=O) groups is 1. The predicted octanol–water partition coefficient (Wildman–Crippen LogP) is 5.04. The third-order valence-corrected chi connectivity index (χ3v) is 8.42. The Kier molecular flexibility index (Phi) is 9.03. The highest BCUT2D eigenvalue weighted by Gasteiger charge is 2.23. The molecule has 3 heterocycles. The van der Waals surface area contributed by atoms with E-state index in [1.54, 1.807) is 19.2 Å². The van der Waals surface area contributed by atoms with Gasteiger partial charge >= 0.3 is 5.97 Å². The first kappa shape index (κ1) is 29.5. The maximum atomic E-state index is 11.7. The first-order valence-corrected chi connectivity index (χ1v) is 15.8. The molecular weight excluding hydrogens is 552 g/mol. The third-order valence-electron chi connectivity index (χ3n) is 7.47. The van der Waals surface area contributed by atoms with Gasteiger partial charge in [0, 0.05) is 47.5 Å². The van der Waals surface area contributed by atoms with Crippen LogP contribution in [0, 0.1) is 6.92 Å². The van der Waals surface area contributed by atoms with E-state index in [4.69, 9.17) is 14.5 Å². The minimum Gasteiger partial charge on any atom is -0.488 e. The number of nitrogens with zero attached hydrogens (tertiary/aromatic N) is 4. The maximum Gasteiger partial charge on any atom is 0.342 e. The van der Waals surface area contributed by atoms with Crippen molar-refractivity contribution < 1.29 is 23.6 Å². The lowest BCUT2D eigenvalue weighted by atomic mass is 9.96. The molecular formula is C32H36N4O5S. The van der Waals surface area contributed by atoms with Crippen LogP contribution in [0.15, 0.2) is 60.8 Å². The van der Waals surface area contributed by atoms with Gasteiger partial charge in [-0.25, -0.2) is 9.78 Å². The smallest absolute Gasteiger partial charge is 0.342 e. The van der Waals surface area contributed by atoms with Gasteiger partial charge in [-0.3, -0.25) is 9.11 Å². The minimum absolute atomic E-state index is 0.0201. The number of fused-ring (bicyclic) bond motifs is 1. The van der Waals surface area contributed by atoms with Crippen molar-refractivity contribution in [1.29, 1.82) is 0 Å². The van der Waals surface area contributed by atoms with Gasteiger partial charge in [0.25, 0.3) is 0 Å². The molecule has 0 fully saturated rings. The SMILES string of the molecule is CCOc1c(C(=O)O)cnn1-c1cccc(-c2cccc(C)c2OCc2ccc3c(c2)CCN(C(C)CS(C)=O)C3)n1. The fraction of sp³-hybridized carbons (Fsp3) is 0.344. The molecule has 0 spiro atoms. The summed E-state index contributed by atoms with van der Waals surface area (Å²) >= 11 is 0. The van der Waals surface area contributed by atoms with Crippen LogP contribution in [0.4, 0.5) is 0 Å². The van der Waals surface area contributed by atoms with Crippen molar-refractivity contribution in [2.45, 2.75) is 46.4 Å². The summed E-state index contributed by atoms with van der Waals surface area (Å²) in [5.41, 5.74) is 6.21. The summed E-state index contributed by atoms with van der Waals surface area (Å²) in [5, 5.41) is 13.8. The number of benzene rings is 2. The summed E-state index contributed by atoms with van der Waals surface area (Å²) in [7, 11) is -0.806. The number of aryl methyl sites for hydroxylation is 1. The van der Waals surface area contributed by atoms with Crippen molar-refractivity contribution in [2.24, 2.45) is 0 Å². The number of carboxylic acid groups (broad SMARTS) is 1. The molecule has 0 radical (unpaired) electrons. The Labute approximate surface area is 248 Å². The molecule has 2 atom stereocenters. The van der Waals surface area contributed by atoms with Gasteiger partial charge in [-0.1, -0.05) is 36.4 Å². The molecule has 220 valence electrons. The number of aromatic carboxylic acids is 1. The number of ether oxygens (including phenoxy) is 2. The number of carboxylic acids is 1. The molecule has 1 N–H and O–H groups in total. The second-order valence-electron chi connectivity index (χ2n) is 10.5. The van der Waals surface area contributed by atoms with E-state index in [0.717, 1.165) is 42.0 Å². The van der Waals surface area contributed by atoms with Gasteiger partial charge in [0.1, 0.15) is 17.9 Å². The lowest BCUT2D eigenvalue weighted by Gasteiger charge is -2.33. The van der Waals surface area contributed by atoms with Crippen LogP contribution < -0.4 is 9.47 Å². The average molecular weight is 589 g/mol. The Morgan fingerprint density at radius 1 is 1.12 bits per heavy atom. The third kappa shape index (κ3) is 6.39. The molecule has 10 heteroatoms. The molecule has 0 bridgehead atoms. The highest BCUT2D eigenvalue weighted by Crippen LogP contribution is 2.34. The Bertz CT molecular complexity index is 1620.